The number of hydrogen-bond donors (Lipinski definition) is 2. The number of ether oxygens (including phenoxy) is 2. The van der Waals surface area contributed by atoms with E-state index >= 15 is 0 Å². The molecule has 0 spiro atoms. The third kappa shape index (κ3) is 8.26. The summed E-state index contributed by atoms with van der Waals surface area (Å²) in [4.78, 5) is 12.4. The Morgan fingerprint density at radius 3 is 1.70 bits per heavy atom. The molecule has 0 heterocycles. The average molecular weight is 662 g/mol. The van der Waals surface area contributed by atoms with Crippen molar-refractivity contribution >= 4 is 28.9 Å². The third-order valence-corrected chi connectivity index (χ3v) is 5.52. The number of amides is 1. The lowest BCUT2D eigenvalue weighted by Crippen LogP contribution is -2.61. The molecule has 240 valence electrons. The fourth-order valence-corrected chi connectivity index (χ4v) is 3.30. The number of rotatable bonds is 9. The molecule has 2 N–H and O–H groups in total. The number of nitrogens with one attached hydrogen (secondary N) is 2. The predicted molar refractivity (Wildman–Crippen MR) is 127 cm³/mol. The minimum Gasteiger partial charge on any atom is -0.332 e. The first kappa shape index (κ1) is 36.0. The van der Waals surface area contributed by atoms with Crippen molar-refractivity contribution in [3.8, 4) is 0 Å². The van der Waals surface area contributed by atoms with Crippen LogP contribution in [0, 0.1) is 0 Å². The van der Waals surface area contributed by atoms with E-state index in [-0.39, 0.29) is 23.1 Å². The van der Waals surface area contributed by atoms with Crippen LogP contribution >= 0.6 is 12.2 Å². The van der Waals surface area contributed by atoms with Crippen LogP contribution in [-0.2, 0) is 20.8 Å². The zero-order valence-electron chi connectivity index (χ0n) is 21.7. The molecule has 0 aromatic heterocycles. The van der Waals surface area contributed by atoms with Crippen molar-refractivity contribution in [1.29, 1.82) is 0 Å². The molecule has 2 aromatic carbocycles. The van der Waals surface area contributed by atoms with Crippen molar-refractivity contribution < 1.29 is 71.3 Å². The molecular formula is C24H19F13N2O3S. The van der Waals surface area contributed by atoms with Gasteiger partial charge in [-0.2, -0.15) is 43.9 Å². The number of benzene rings is 2. The van der Waals surface area contributed by atoms with Crippen LogP contribution in [0.3, 0.4) is 0 Å². The molecule has 0 aliphatic heterocycles. The van der Waals surface area contributed by atoms with Crippen molar-refractivity contribution in [2.24, 2.45) is 0 Å². The maximum absolute atomic E-state index is 14.5. The molecule has 0 aliphatic rings. The van der Waals surface area contributed by atoms with Gasteiger partial charge in [-0.3, -0.25) is 10.1 Å². The fourth-order valence-electron chi connectivity index (χ4n) is 3.09. The van der Waals surface area contributed by atoms with Gasteiger partial charge in [0.1, 0.15) is 0 Å². The van der Waals surface area contributed by atoms with Gasteiger partial charge in [-0.1, -0.05) is 45.0 Å². The van der Waals surface area contributed by atoms with E-state index in [1.165, 1.54) is 12.1 Å². The summed E-state index contributed by atoms with van der Waals surface area (Å²) in [6, 6.07) is 7.93. The first-order chi connectivity index (χ1) is 19.1. The van der Waals surface area contributed by atoms with E-state index in [2.05, 4.69) is 15.4 Å². The Morgan fingerprint density at radius 2 is 1.21 bits per heavy atom. The van der Waals surface area contributed by atoms with Crippen LogP contribution in [0.1, 0.15) is 42.3 Å². The fraction of sp³-hybridized carbons (Fsp3) is 0.417. The number of carbonyl (C=O) groups excluding carboxylic acids is 1. The number of carbonyl (C=O) groups is 1. The number of alkyl halides is 13. The summed E-state index contributed by atoms with van der Waals surface area (Å²) in [5.74, 6) is -14.3. The van der Waals surface area contributed by atoms with E-state index in [0.29, 0.717) is 6.07 Å². The lowest BCUT2D eigenvalue weighted by Gasteiger charge is -2.35. The first-order valence-electron chi connectivity index (χ1n) is 11.3. The van der Waals surface area contributed by atoms with Crippen LogP contribution in [0.2, 0.25) is 0 Å². The Labute approximate surface area is 239 Å². The van der Waals surface area contributed by atoms with Crippen molar-refractivity contribution in [2.45, 2.75) is 62.7 Å². The lowest BCUT2D eigenvalue weighted by atomic mass is 9.87. The largest absolute Gasteiger partial charge is 0.527 e. The Hall–Kier alpha value is -3.19. The maximum atomic E-state index is 14.5. The predicted octanol–water partition coefficient (Wildman–Crippen LogP) is 8.17. The van der Waals surface area contributed by atoms with Crippen LogP contribution < -0.4 is 10.6 Å². The van der Waals surface area contributed by atoms with Gasteiger partial charge in [-0.25, -0.2) is 9.47 Å². The summed E-state index contributed by atoms with van der Waals surface area (Å²) >= 11 is 4.84. The van der Waals surface area contributed by atoms with Gasteiger partial charge < -0.3 is 5.32 Å². The molecule has 1 amide bonds. The summed E-state index contributed by atoms with van der Waals surface area (Å²) in [5, 5.41) is 3.71. The molecule has 2 rings (SSSR count). The second-order valence-corrected chi connectivity index (χ2v) is 10.1. The highest BCUT2D eigenvalue weighted by Crippen LogP contribution is 2.54. The van der Waals surface area contributed by atoms with Gasteiger partial charge in [0.2, 0.25) is 0 Å². The Bertz CT molecular complexity index is 1320. The van der Waals surface area contributed by atoms with Crippen molar-refractivity contribution in [3.05, 3.63) is 65.2 Å². The Balaban J connectivity index is 2.22. The number of hydrogen-bond acceptors (Lipinski definition) is 4. The number of halogens is 13. The van der Waals surface area contributed by atoms with Gasteiger partial charge in [0.25, 0.3) is 5.91 Å². The minimum atomic E-state index is -7.53. The van der Waals surface area contributed by atoms with Gasteiger partial charge in [0, 0.05) is 16.8 Å². The average Bonchev–Trinajstić information content (AvgIpc) is 2.81. The third-order valence-electron chi connectivity index (χ3n) is 5.32. The summed E-state index contributed by atoms with van der Waals surface area (Å²) in [7, 11) is 0. The topological polar surface area (TPSA) is 59.6 Å². The zero-order chi connectivity index (χ0) is 33.4. The molecule has 19 heteroatoms. The second kappa shape index (κ2) is 11.7. The quantitative estimate of drug-likeness (QED) is 0.210. The van der Waals surface area contributed by atoms with Gasteiger partial charge in [0.15, 0.2) is 5.11 Å². The van der Waals surface area contributed by atoms with E-state index in [1.807, 2.05) is 20.8 Å². The summed E-state index contributed by atoms with van der Waals surface area (Å²) in [5.41, 5.74) is -1.81. The molecule has 0 saturated carbocycles. The molecule has 0 saturated heterocycles. The molecule has 5 nitrogen and oxygen atoms in total. The van der Waals surface area contributed by atoms with Gasteiger partial charge in [-0.05, 0) is 47.5 Å². The Kier molecular flexibility index (Phi) is 9.81. The summed E-state index contributed by atoms with van der Waals surface area (Å²) in [6.07, 6.45) is -28.0. The molecular weight excluding hydrogens is 643 g/mol. The van der Waals surface area contributed by atoms with Gasteiger partial charge in [-0.15, -0.1) is 13.2 Å². The van der Waals surface area contributed by atoms with Gasteiger partial charge >= 0.3 is 36.5 Å². The van der Waals surface area contributed by atoms with Crippen molar-refractivity contribution in [2.75, 3.05) is 5.32 Å². The summed E-state index contributed by atoms with van der Waals surface area (Å²) in [6.45, 7) is 5.73. The van der Waals surface area contributed by atoms with Crippen LogP contribution in [0.5, 0.6) is 0 Å². The molecule has 0 bridgehead atoms. The first-order valence-corrected chi connectivity index (χ1v) is 11.7. The van der Waals surface area contributed by atoms with E-state index in [4.69, 9.17) is 12.2 Å². The van der Waals surface area contributed by atoms with Gasteiger partial charge in [0.05, 0.1) is 0 Å². The highest BCUT2D eigenvalue weighted by molar-refractivity contribution is 7.80. The van der Waals surface area contributed by atoms with Crippen LogP contribution in [-0.4, -0.2) is 41.6 Å². The molecule has 0 unspecified atom stereocenters. The number of thiocarbonyl (C=S) groups is 1. The van der Waals surface area contributed by atoms with E-state index < -0.39 is 58.8 Å². The highest BCUT2D eigenvalue weighted by Gasteiger charge is 2.80. The molecule has 0 fully saturated rings. The van der Waals surface area contributed by atoms with Crippen LogP contribution in [0.15, 0.2) is 48.5 Å². The monoisotopic (exact) mass is 662 g/mol. The molecule has 0 atom stereocenters. The van der Waals surface area contributed by atoms with Crippen LogP contribution in [0.25, 0.3) is 0 Å². The second-order valence-electron chi connectivity index (χ2n) is 9.67. The highest BCUT2D eigenvalue weighted by atomic mass is 32.1. The molecule has 2 aromatic rings. The van der Waals surface area contributed by atoms with E-state index in [1.54, 1.807) is 16.9 Å². The van der Waals surface area contributed by atoms with Crippen LogP contribution in [0.4, 0.5) is 62.8 Å². The standard InChI is InChI=1S/C24H19F13N2O3S/c1-18(2,3)13-9-7-12(8-10-13)16(40)39-17(43)38-15-6-4-5-14(11-15)19(25,26)21(29,30)41-22(31,32)20(27,28)23(33,34)42-24(35,36)37/h4-11H,1-3H3,(H2,38,39,40,43). The zero-order valence-corrected chi connectivity index (χ0v) is 22.5. The van der Waals surface area contributed by atoms with E-state index in [0.717, 1.165) is 11.6 Å². The smallest absolute Gasteiger partial charge is 0.332 e. The lowest BCUT2D eigenvalue weighted by molar-refractivity contribution is -0.535. The van der Waals surface area contributed by atoms with Crippen molar-refractivity contribution in [3.63, 3.8) is 0 Å². The normalized spacial score (nSPS) is 14.0. The molecule has 43 heavy (non-hydrogen) atoms. The van der Waals surface area contributed by atoms with Crippen molar-refractivity contribution in [1.82, 2.24) is 5.32 Å². The number of anilines is 1. The minimum absolute atomic E-state index is 0.0955. The maximum Gasteiger partial charge on any atom is 0.527 e. The Morgan fingerprint density at radius 1 is 0.698 bits per heavy atom. The summed E-state index contributed by atoms with van der Waals surface area (Å²) < 4.78 is 177. The SMILES string of the molecule is CC(C)(C)c1ccc(C(=O)NC(=S)Nc2cccc(C(F)(F)C(F)(F)OC(F)(F)C(F)(F)C(F)(F)OC(F)(F)F)c2)cc1. The van der Waals surface area contributed by atoms with E-state index in [9.17, 15) is 61.9 Å². The molecule has 0 aliphatic carbocycles. The molecule has 0 radical (unpaired) electrons.